The Hall–Kier alpha value is -3.30. The summed E-state index contributed by atoms with van der Waals surface area (Å²) in [5.74, 6) is -5.08. The molecule has 0 aromatic heterocycles. The molecule has 3 heterocycles. The van der Waals surface area contributed by atoms with Crippen LogP contribution in [0, 0.1) is 11.7 Å². The first-order chi connectivity index (χ1) is 13.3. The van der Waals surface area contributed by atoms with Crippen LogP contribution in [-0.2, 0) is 14.4 Å². The van der Waals surface area contributed by atoms with Gasteiger partial charge in [-0.25, -0.2) is 4.39 Å². The number of rotatable bonds is 3. The van der Waals surface area contributed by atoms with E-state index in [1.807, 2.05) is 0 Å². The minimum absolute atomic E-state index is 0.00617. The van der Waals surface area contributed by atoms with Gasteiger partial charge < -0.3 is 10.0 Å². The third-order valence-electron chi connectivity index (χ3n) is 5.39. The standard InChI is InChI=1S/C18H16FN3O6/c19-11-5-9-10(6-13(11)21-4-3-8(7-21)18(27)28)17(26)22(16(9)25)12-1-2-14(23)20-15(12)24/h5-6,8,12H,1-4,7H2,(H,27,28)(H,20,23,24). The van der Waals surface area contributed by atoms with Gasteiger partial charge in [-0.15, -0.1) is 0 Å². The smallest absolute Gasteiger partial charge is 0.308 e. The van der Waals surface area contributed by atoms with Gasteiger partial charge in [-0.1, -0.05) is 0 Å². The van der Waals surface area contributed by atoms with Crippen LogP contribution < -0.4 is 10.2 Å². The molecule has 146 valence electrons. The van der Waals surface area contributed by atoms with Gasteiger partial charge in [0.1, 0.15) is 11.9 Å². The van der Waals surface area contributed by atoms with Gasteiger partial charge in [0.15, 0.2) is 0 Å². The molecule has 0 spiro atoms. The summed E-state index contributed by atoms with van der Waals surface area (Å²) in [7, 11) is 0. The molecule has 4 amide bonds. The molecule has 0 bridgehead atoms. The molecule has 2 saturated heterocycles. The molecule has 0 radical (unpaired) electrons. The third-order valence-corrected chi connectivity index (χ3v) is 5.39. The fourth-order valence-corrected chi connectivity index (χ4v) is 3.90. The monoisotopic (exact) mass is 389 g/mol. The summed E-state index contributed by atoms with van der Waals surface area (Å²) < 4.78 is 14.6. The highest BCUT2D eigenvalue weighted by Crippen LogP contribution is 2.34. The van der Waals surface area contributed by atoms with E-state index in [-0.39, 0.29) is 36.2 Å². The molecule has 1 aromatic rings. The first kappa shape index (κ1) is 18.1. The second-order valence-electron chi connectivity index (χ2n) is 7.07. The second kappa shape index (κ2) is 6.39. The van der Waals surface area contributed by atoms with Gasteiger partial charge in [-0.05, 0) is 25.0 Å². The SMILES string of the molecule is O=C1CCC(N2C(=O)c3cc(F)c(N4CCC(C(=O)O)C4)cc3C2=O)C(=O)N1. The quantitative estimate of drug-likeness (QED) is 0.705. The van der Waals surface area contributed by atoms with Crippen LogP contribution in [0.25, 0.3) is 0 Å². The zero-order chi connectivity index (χ0) is 20.2. The molecule has 1 aromatic carbocycles. The fraction of sp³-hybridized carbons (Fsp3) is 0.389. The first-order valence-corrected chi connectivity index (χ1v) is 8.81. The minimum Gasteiger partial charge on any atom is -0.481 e. The van der Waals surface area contributed by atoms with Crippen LogP contribution in [0.2, 0.25) is 0 Å². The van der Waals surface area contributed by atoms with Crippen molar-refractivity contribution in [1.29, 1.82) is 0 Å². The topological polar surface area (TPSA) is 124 Å². The van der Waals surface area contributed by atoms with Crippen molar-refractivity contribution < 1.29 is 33.5 Å². The van der Waals surface area contributed by atoms with Crippen molar-refractivity contribution in [2.75, 3.05) is 18.0 Å². The lowest BCUT2D eigenvalue weighted by Crippen LogP contribution is -2.54. The fourth-order valence-electron chi connectivity index (χ4n) is 3.90. The average molecular weight is 389 g/mol. The van der Waals surface area contributed by atoms with Crippen molar-refractivity contribution in [3.05, 3.63) is 29.1 Å². The van der Waals surface area contributed by atoms with Gasteiger partial charge >= 0.3 is 5.97 Å². The molecule has 28 heavy (non-hydrogen) atoms. The predicted octanol–water partition coefficient (Wildman–Crippen LogP) is 0.138. The Labute approximate surface area is 158 Å². The lowest BCUT2D eigenvalue weighted by molar-refractivity contribution is -0.141. The molecular formula is C18H16FN3O6. The highest BCUT2D eigenvalue weighted by molar-refractivity contribution is 6.23. The van der Waals surface area contributed by atoms with E-state index in [0.29, 0.717) is 13.0 Å². The number of hydrogen-bond acceptors (Lipinski definition) is 6. The average Bonchev–Trinajstić information content (AvgIpc) is 3.20. The normalized spacial score (nSPS) is 24.6. The van der Waals surface area contributed by atoms with Crippen molar-refractivity contribution in [3.63, 3.8) is 0 Å². The van der Waals surface area contributed by atoms with E-state index in [1.54, 1.807) is 0 Å². The van der Waals surface area contributed by atoms with Crippen molar-refractivity contribution >= 4 is 35.3 Å². The number of amides is 4. The Bertz CT molecular complexity index is 945. The van der Waals surface area contributed by atoms with E-state index in [9.17, 15) is 28.4 Å². The van der Waals surface area contributed by atoms with Crippen molar-refractivity contribution in [2.24, 2.45) is 5.92 Å². The summed E-state index contributed by atoms with van der Waals surface area (Å²) in [5.41, 5.74) is -0.136. The first-order valence-electron chi connectivity index (χ1n) is 8.81. The number of anilines is 1. The van der Waals surface area contributed by atoms with Crippen LogP contribution in [0.15, 0.2) is 12.1 Å². The Balaban J connectivity index is 1.65. The van der Waals surface area contributed by atoms with E-state index >= 15 is 0 Å². The summed E-state index contributed by atoms with van der Waals surface area (Å²) >= 11 is 0. The molecule has 9 nitrogen and oxygen atoms in total. The van der Waals surface area contributed by atoms with E-state index in [2.05, 4.69) is 5.32 Å². The third kappa shape index (κ3) is 2.72. The zero-order valence-electron chi connectivity index (χ0n) is 14.6. The highest BCUT2D eigenvalue weighted by atomic mass is 19.1. The molecule has 4 rings (SSSR count). The Morgan fingerprint density at radius 2 is 1.79 bits per heavy atom. The molecule has 0 saturated carbocycles. The number of nitrogens with one attached hydrogen (secondary N) is 1. The Morgan fingerprint density at radius 3 is 2.39 bits per heavy atom. The highest BCUT2D eigenvalue weighted by Gasteiger charge is 2.45. The Morgan fingerprint density at radius 1 is 1.11 bits per heavy atom. The summed E-state index contributed by atoms with van der Waals surface area (Å²) in [6.45, 7) is 0.412. The number of carboxylic acid groups (broad SMARTS) is 1. The van der Waals surface area contributed by atoms with Gasteiger partial charge in [0, 0.05) is 19.5 Å². The molecule has 3 aliphatic rings. The van der Waals surface area contributed by atoms with E-state index in [0.717, 1.165) is 11.0 Å². The van der Waals surface area contributed by atoms with Crippen LogP contribution >= 0.6 is 0 Å². The lowest BCUT2D eigenvalue weighted by Gasteiger charge is -2.27. The number of carbonyl (C=O) groups is 5. The number of carbonyl (C=O) groups excluding carboxylic acids is 4. The molecule has 2 atom stereocenters. The maximum Gasteiger partial charge on any atom is 0.308 e. The molecule has 2 N–H and O–H groups in total. The van der Waals surface area contributed by atoms with Crippen LogP contribution in [-0.4, -0.2) is 58.7 Å². The molecule has 2 fully saturated rings. The maximum atomic E-state index is 14.6. The van der Waals surface area contributed by atoms with Gasteiger partial charge in [0.2, 0.25) is 11.8 Å². The van der Waals surface area contributed by atoms with Gasteiger partial charge in [0.05, 0.1) is 22.7 Å². The van der Waals surface area contributed by atoms with Crippen molar-refractivity contribution in [2.45, 2.75) is 25.3 Å². The second-order valence-corrected chi connectivity index (χ2v) is 7.07. The number of nitrogens with zero attached hydrogens (tertiary/aromatic N) is 2. The van der Waals surface area contributed by atoms with Crippen LogP contribution in [0.3, 0.4) is 0 Å². The van der Waals surface area contributed by atoms with E-state index in [1.165, 1.54) is 11.0 Å². The number of halogens is 1. The van der Waals surface area contributed by atoms with Gasteiger partial charge in [-0.2, -0.15) is 0 Å². The molecule has 2 unspecified atom stereocenters. The number of piperidine rings is 1. The zero-order valence-corrected chi connectivity index (χ0v) is 14.6. The van der Waals surface area contributed by atoms with Gasteiger partial charge in [-0.3, -0.25) is 34.2 Å². The summed E-state index contributed by atoms with van der Waals surface area (Å²) in [4.78, 5) is 62.2. The minimum atomic E-state index is -1.13. The number of fused-ring (bicyclic) bond motifs is 1. The van der Waals surface area contributed by atoms with Crippen molar-refractivity contribution in [3.8, 4) is 0 Å². The van der Waals surface area contributed by atoms with Crippen LogP contribution in [0.1, 0.15) is 40.0 Å². The van der Waals surface area contributed by atoms with Crippen molar-refractivity contribution in [1.82, 2.24) is 10.2 Å². The summed E-state index contributed by atoms with van der Waals surface area (Å²) in [6, 6.07) is 1.06. The molecule has 10 heteroatoms. The van der Waals surface area contributed by atoms with E-state index < -0.39 is 47.4 Å². The number of carboxylic acids is 1. The van der Waals surface area contributed by atoms with E-state index in [4.69, 9.17) is 5.11 Å². The summed E-state index contributed by atoms with van der Waals surface area (Å²) in [6.07, 6.45) is 0.354. The number of hydrogen-bond donors (Lipinski definition) is 2. The van der Waals surface area contributed by atoms with Crippen LogP contribution in [0.5, 0.6) is 0 Å². The lowest BCUT2D eigenvalue weighted by atomic mass is 10.0. The number of benzene rings is 1. The molecule has 0 aliphatic carbocycles. The maximum absolute atomic E-state index is 14.6. The number of aliphatic carboxylic acids is 1. The largest absolute Gasteiger partial charge is 0.481 e. The number of imide groups is 2. The Kier molecular flexibility index (Phi) is 4.13. The predicted molar refractivity (Wildman–Crippen MR) is 91.0 cm³/mol. The summed E-state index contributed by atoms with van der Waals surface area (Å²) in [5, 5.41) is 11.2. The van der Waals surface area contributed by atoms with Gasteiger partial charge in [0.25, 0.3) is 11.8 Å². The molecular weight excluding hydrogens is 373 g/mol. The van der Waals surface area contributed by atoms with Crippen LogP contribution in [0.4, 0.5) is 10.1 Å². The molecule has 3 aliphatic heterocycles.